The molecule has 0 spiro atoms. The van der Waals surface area contributed by atoms with Crippen LogP contribution in [-0.2, 0) is 15.9 Å². The van der Waals surface area contributed by atoms with E-state index in [4.69, 9.17) is 37.7 Å². The van der Waals surface area contributed by atoms with E-state index in [0.717, 1.165) is 61.7 Å². The summed E-state index contributed by atoms with van der Waals surface area (Å²) in [5.74, 6) is 3.48. The molecule has 0 unspecified atom stereocenters. The Balaban J connectivity index is 0.000000934. The number of hydrogen-bond donors (Lipinski definition) is 4. The van der Waals surface area contributed by atoms with E-state index >= 15 is 0 Å². The highest BCUT2D eigenvalue weighted by atomic mass is 36.0. The number of aromatic amines is 1. The molecule has 0 atom stereocenters. The molecule has 17 nitrogen and oxygen atoms in total. The number of para-hydroxylation sites is 4. The molecule has 24 heteroatoms. The fourth-order valence-corrected chi connectivity index (χ4v) is 6.56. The van der Waals surface area contributed by atoms with E-state index in [-0.39, 0.29) is 37.0 Å². The average molecular weight is 1210 g/mol. The minimum atomic E-state index is -3.22. The third kappa shape index (κ3) is 26.3. The van der Waals surface area contributed by atoms with Gasteiger partial charge in [-0.1, -0.05) is 72.3 Å². The van der Waals surface area contributed by atoms with Gasteiger partial charge in [0.25, 0.3) is 5.56 Å². The molecule has 79 heavy (non-hydrogen) atoms. The fraction of sp³-hybridized carbons (Fsp3) is 0.182. The van der Waals surface area contributed by atoms with Gasteiger partial charge in [-0.15, -0.1) is 24.8 Å². The number of aliphatic hydroxyl groups excluding tert-OH is 1. The Morgan fingerprint density at radius 3 is 1.63 bits per heavy atom. The Morgan fingerprint density at radius 2 is 1.15 bits per heavy atom. The SMILES string of the molecule is CC#N.CC#N.CNc1ccc(CO)cc1.COC(=O)c1ccccc1N.COc1ccc(N(C)c2nc(C)nc3ccccc23)cc1.Cc1nc(Cl)c2ccccc2n1.Cc1nc2ccccc2c(=O)[nH]1.Cl.Cl.O=P(Cl)(Cl)Cl. The van der Waals surface area contributed by atoms with Crippen LogP contribution >= 0.6 is 75.3 Å². The number of fused-ring (bicyclic) bond motifs is 3. The van der Waals surface area contributed by atoms with Crippen molar-refractivity contribution in [3.8, 4) is 17.9 Å². The second kappa shape index (κ2) is 38.3. The molecule has 0 aliphatic carbocycles. The third-order valence-electron chi connectivity index (χ3n) is 9.66. The van der Waals surface area contributed by atoms with Gasteiger partial charge in [-0.25, -0.2) is 29.7 Å². The van der Waals surface area contributed by atoms with Crippen LogP contribution in [0.5, 0.6) is 5.75 Å². The smallest absolute Gasteiger partial charge is 0.339 e. The number of aromatic nitrogens is 6. The molecule has 5 N–H and O–H groups in total. The first-order chi connectivity index (χ1) is 36.7. The zero-order valence-corrected chi connectivity index (χ0v) is 50.0. The van der Waals surface area contributed by atoms with E-state index in [9.17, 15) is 14.2 Å². The van der Waals surface area contributed by atoms with Crippen LogP contribution in [0.1, 0.15) is 47.2 Å². The fourth-order valence-electron chi connectivity index (χ4n) is 6.28. The number of nitrogens with zero attached hydrogens (tertiary/aromatic N) is 8. The van der Waals surface area contributed by atoms with Crippen molar-refractivity contribution < 1.29 is 23.9 Å². The average Bonchev–Trinajstić information content (AvgIpc) is 3.42. The van der Waals surface area contributed by atoms with Crippen LogP contribution in [0.3, 0.4) is 0 Å². The number of benzene rings is 6. The predicted octanol–water partition coefficient (Wildman–Crippen LogP) is 14.5. The third-order valence-corrected chi connectivity index (χ3v) is 9.95. The molecule has 418 valence electrons. The van der Waals surface area contributed by atoms with Gasteiger partial charge in [0.2, 0.25) is 0 Å². The lowest BCUT2D eigenvalue weighted by atomic mass is 10.2. The largest absolute Gasteiger partial charge is 0.497 e. The number of nitrogen functional groups attached to an aromatic ring is 1. The number of nitrogens with two attached hydrogens (primary N) is 1. The molecule has 9 aromatic rings. The Bertz CT molecular complexity index is 3430. The Morgan fingerprint density at radius 1 is 0.709 bits per heavy atom. The van der Waals surface area contributed by atoms with E-state index in [1.54, 1.807) is 56.5 Å². The van der Waals surface area contributed by atoms with Crippen LogP contribution in [0.25, 0.3) is 32.7 Å². The molecule has 0 radical (unpaired) electrons. The van der Waals surface area contributed by atoms with E-state index in [1.165, 1.54) is 21.0 Å². The van der Waals surface area contributed by atoms with Crippen molar-refractivity contribution in [2.45, 2.75) is 41.2 Å². The number of carbonyl (C=O) groups excluding carboxylic acids is 1. The van der Waals surface area contributed by atoms with Crippen LogP contribution in [0.15, 0.2) is 150 Å². The van der Waals surface area contributed by atoms with E-state index in [0.29, 0.717) is 33.4 Å². The molecule has 0 bridgehead atoms. The Labute approximate surface area is 491 Å². The van der Waals surface area contributed by atoms with Crippen LogP contribution in [0, 0.1) is 43.4 Å². The lowest BCUT2D eigenvalue weighted by molar-refractivity contribution is 0.0602. The summed E-state index contributed by atoms with van der Waals surface area (Å²) in [6, 6.07) is 48.9. The monoisotopic (exact) mass is 1210 g/mol. The summed E-state index contributed by atoms with van der Waals surface area (Å²) in [6.07, 6.45) is 0. The minimum absolute atomic E-state index is 0. The quantitative estimate of drug-likeness (QED) is 0.0522. The van der Waals surface area contributed by atoms with Crippen LogP contribution in [0.4, 0.5) is 22.9 Å². The van der Waals surface area contributed by atoms with Gasteiger partial charge >= 0.3 is 11.2 Å². The van der Waals surface area contributed by atoms with Crippen molar-refractivity contribution in [3.63, 3.8) is 0 Å². The highest BCUT2D eigenvalue weighted by molar-refractivity contribution is 8.24. The first kappa shape index (κ1) is 71.7. The predicted molar refractivity (Wildman–Crippen MR) is 328 cm³/mol. The molecule has 0 aliphatic heterocycles. The summed E-state index contributed by atoms with van der Waals surface area (Å²) >= 11 is 19.8. The highest BCUT2D eigenvalue weighted by Crippen LogP contribution is 2.61. The van der Waals surface area contributed by atoms with E-state index < -0.39 is 11.2 Å². The summed E-state index contributed by atoms with van der Waals surface area (Å²) in [7, 11) is 6.87. The van der Waals surface area contributed by atoms with Crippen LogP contribution in [0.2, 0.25) is 5.15 Å². The summed E-state index contributed by atoms with van der Waals surface area (Å²) in [5, 5.41) is 26.2. The molecule has 6 aromatic carbocycles. The zero-order chi connectivity index (χ0) is 57.5. The van der Waals surface area contributed by atoms with Crippen LogP contribution < -0.4 is 26.2 Å². The number of nitriles is 2. The van der Waals surface area contributed by atoms with Crippen molar-refractivity contribution in [2.75, 3.05) is 44.3 Å². The van der Waals surface area contributed by atoms with Gasteiger partial charge in [-0.2, -0.15) is 10.5 Å². The normalized spacial score (nSPS) is 9.42. The number of rotatable bonds is 6. The second-order valence-electron chi connectivity index (χ2n) is 15.1. The number of halogens is 6. The Hall–Kier alpha value is -7.28. The summed E-state index contributed by atoms with van der Waals surface area (Å²) in [5.41, 5.74) is 12.0. The molecule has 3 aromatic heterocycles. The van der Waals surface area contributed by atoms with Gasteiger partial charge in [0.15, 0.2) is 0 Å². The zero-order valence-electron chi connectivity index (χ0n) is 44.5. The van der Waals surface area contributed by atoms with Crippen molar-refractivity contribution in [3.05, 3.63) is 190 Å². The maximum Gasteiger partial charge on any atom is 0.339 e. The number of hydrogen-bond acceptors (Lipinski definition) is 16. The number of methoxy groups -OCH3 is 2. The summed E-state index contributed by atoms with van der Waals surface area (Å²) < 4.78 is 19.2. The molecule has 3 heterocycles. The van der Waals surface area contributed by atoms with Crippen LogP contribution in [-0.4, -0.2) is 69.3 Å². The molecular weight excluding hydrogens is 1150 g/mol. The molecule has 0 amide bonds. The first-order valence-electron chi connectivity index (χ1n) is 22.7. The number of carbonyl (C=O) groups is 1. The molecular formula is C55H60Cl6N11O6P. The topological polar surface area (TPSA) is 259 Å². The molecule has 0 fully saturated rings. The van der Waals surface area contributed by atoms with Gasteiger partial charge < -0.3 is 35.5 Å². The molecule has 0 saturated carbocycles. The number of esters is 1. The maximum atomic E-state index is 11.3. The lowest BCUT2D eigenvalue weighted by Crippen LogP contribution is -2.12. The summed E-state index contributed by atoms with van der Waals surface area (Å²) in [6.45, 7) is 8.49. The molecule has 0 aliphatic rings. The van der Waals surface area contributed by atoms with Crippen molar-refractivity contribution in [2.24, 2.45) is 0 Å². The van der Waals surface area contributed by atoms with Gasteiger partial charge in [-0.3, -0.25) is 9.36 Å². The van der Waals surface area contributed by atoms with E-state index in [1.807, 2.05) is 143 Å². The highest BCUT2D eigenvalue weighted by Gasteiger charge is 2.12. The molecule has 0 saturated heterocycles. The number of aryl methyl sites for hydroxylation is 3. The van der Waals surface area contributed by atoms with Gasteiger partial charge in [0, 0.05) is 55.8 Å². The molecule has 9 rings (SSSR count). The lowest BCUT2D eigenvalue weighted by Gasteiger charge is -2.20. The van der Waals surface area contributed by atoms with Gasteiger partial charge in [0.05, 0.1) is 60.5 Å². The van der Waals surface area contributed by atoms with E-state index in [2.05, 4.69) is 78.6 Å². The van der Waals surface area contributed by atoms with Crippen molar-refractivity contribution in [1.82, 2.24) is 29.9 Å². The van der Waals surface area contributed by atoms with Gasteiger partial charge in [-0.05, 0) is 145 Å². The Kier molecular flexibility index (Phi) is 34.8. The van der Waals surface area contributed by atoms with Gasteiger partial charge in [0.1, 0.15) is 34.2 Å². The van der Waals surface area contributed by atoms with Crippen molar-refractivity contribution >= 4 is 137 Å². The number of aliphatic hydroxyl groups is 1. The number of anilines is 4. The minimum Gasteiger partial charge on any atom is -0.497 e. The van der Waals surface area contributed by atoms with Crippen molar-refractivity contribution in [1.29, 1.82) is 10.5 Å². The maximum absolute atomic E-state index is 11.3. The second-order valence-corrected chi connectivity index (χ2v) is 22.1. The summed E-state index contributed by atoms with van der Waals surface area (Å²) in [4.78, 5) is 48.5. The number of nitrogens with one attached hydrogen (secondary N) is 2. The standard InChI is InChI=1S/C17H17N3O.C9H7ClN2.C9H8N2O.C8H9NO2.C8H11NO.2C2H3N.Cl3OP.2ClH/c1-12-18-16-7-5-4-6-15(16)17(19-12)20(2)13-8-10-14(21-3)11-9-13;1-6-11-8-5-3-2-4-7(8)9(10)12-6;1-6-10-8-5-3-2-4-7(8)9(12)11-6;1-11-8(10)6-4-2-3-5-7(6)9;1-9-8-4-2-7(6-10)3-5-8;2*1-2-3;1-5(2,3)4;;/h4-11H,1-3H3;2-5H,1H3;2-5H,1H3,(H,10,11,12);2-5H,9H2,1H3;2-5,9-10H,6H2,1H3;2*1H3;;2*1H. The number of ether oxygens (including phenoxy) is 2. The first-order valence-corrected chi connectivity index (χ1v) is 27.5. The number of H-pyrrole nitrogens is 1.